The zero-order chi connectivity index (χ0) is 24.2. The molecule has 0 saturated carbocycles. The van der Waals surface area contributed by atoms with E-state index in [-0.39, 0.29) is 11.6 Å². The number of hydrogen-bond acceptors (Lipinski definition) is 8. The largest absolute Gasteiger partial charge is 0.497 e. The summed E-state index contributed by atoms with van der Waals surface area (Å²) >= 11 is 1.26. The van der Waals surface area contributed by atoms with E-state index in [2.05, 4.69) is 44.4 Å². The van der Waals surface area contributed by atoms with Crippen LogP contribution in [0.3, 0.4) is 0 Å². The molecule has 0 aliphatic carbocycles. The van der Waals surface area contributed by atoms with E-state index in [0.717, 1.165) is 24.8 Å². The summed E-state index contributed by atoms with van der Waals surface area (Å²) in [6.45, 7) is 4.76. The van der Waals surface area contributed by atoms with Crippen LogP contribution in [0.5, 0.6) is 5.75 Å². The zero-order valence-electron chi connectivity index (χ0n) is 20.2. The summed E-state index contributed by atoms with van der Waals surface area (Å²) in [5.74, 6) is 0.710. The van der Waals surface area contributed by atoms with Crippen molar-refractivity contribution in [2.75, 3.05) is 49.2 Å². The minimum Gasteiger partial charge on any atom is -0.497 e. The smallest absolute Gasteiger partial charge is 0.206 e. The zero-order valence-corrected chi connectivity index (χ0v) is 21.0. The van der Waals surface area contributed by atoms with E-state index in [4.69, 9.17) is 10.5 Å². The molecule has 1 aromatic heterocycles. The van der Waals surface area contributed by atoms with Gasteiger partial charge in [-0.1, -0.05) is 29.9 Å². The third-order valence-corrected chi connectivity index (χ3v) is 8.03. The van der Waals surface area contributed by atoms with Crippen LogP contribution in [0.4, 0.5) is 22.3 Å². The first-order valence-corrected chi connectivity index (χ1v) is 13.2. The number of carbonyl (C=O) groups is 1. The van der Waals surface area contributed by atoms with Crippen molar-refractivity contribution in [2.24, 2.45) is 0 Å². The van der Waals surface area contributed by atoms with Gasteiger partial charge >= 0.3 is 0 Å². The molecule has 35 heavy (non-hydrogen) atoms. The second kappa shape index (κ2) is 10.7. The van der Waals surface area contributed by atoms with Crippen LogP contribution in [0.2, 0.25) is 0 Å². The number of ketones is 1. The van der Waals surface area contributed by atoms with E-state index in [1.54, 1.807) is 31.4 Å². The maximum Gasteiger partial charge on any atom is 0.206 e. The van der Waals surface area contributed by atoms with Gasteiger partial charge in [0.1, 0.15) is 16.4 Å². The number of hydrogen-bond donors (Lipinski definition) is 2. The van der Waals surface area contributed by atoms with Crippen molar-refractivity contribution in [2.45, 2.75) is 38.1 Å². The van der Waals surface area contributed by atoms with Crippen LogP contribution in [0.15, 0.2) is 48.5 Å². The lowest BCUT2D eigenvalue weighted by Crippen LogP contribution is -2.46. The maximum atomic E-state index is 12.9. The third kappa shape index (κ3) is 5.44. The first-order valence-electron chi connectivity index (χ1n) is 12.4. The van der Waals surface area contributed by atoms with Crippen LogP contribution in [-0.2, 0) is 0 Å². The molecule has 5 rings (SSSR count). The summed E-state index contributed by atoms with van der Waals surface area (Å²) in [5, 5.41) is 3.90. The fourth-order valence-corrected chi connectivity index (χ4v) is 5.96. The highest BCUT2D eigenvalue weighted by molar-refractivity contribution is 7.18. The molecule has 2 saturated heterocycles. The van der Waals surface area contributed by atoms with Crippen LogP contribution in [0, 0.1) is 0 Å². The van der Waals surface area contributed by atoms with Crippen LogP contribution >= 0.6 is 11.3 Å². The Bertz CT molecular complexity index is 1150. The van der Waals surface area contributed by atoms with Gasteiger partial charge in [0.15, 0.2) is 5.13 Å². The number of piperidine rings is 2. The molecule has 7 nitrogen and oxygen atoms in total. The predicted molar refractivity (Wildman–Crippen MR) is 143 cm³/mol. The number of rotatable bonds is 7. The molecule has 0 atom stereocenters. The number of nitrogen functional groups attached to an aromatic ring is 1. The van der Waals surface area contributed by atoms with Crippen molar-refractivity contribution in [3.63, 3.8) is 0 Å². The number of nitrogens with zero attached hydrogens (tertiary/aromatic N) is 3. The van der Waals surface area contributed by atoms with Crippen LogP contribution in [0.1, 0.15) is 47.3 Å². The van der Waals surface area contributed by atoms with Crippen molar-refractivity contribution in [1.82, 2.24) is 9.88 Å². The van der Waals surface area contributed by atoms with Crippen LogP contribution in [0.25, 0.3) is 0 Å². The quantitative estimate of drug-likeness (QED) is 0.442. The molecule has 2 aromatic carbocycles. The minimum atomic E-state index is -0.157. The summed E-state index contributed by atoms with van der Waals surface area (Å²) in [6.07, 6.45) is 6.58. The van der Waals surface area contributed by atoms with Gasteiger partial charge in [0.05, 0.1) is 7.11 Å². The molecule has 3 heterocycles. The lowest BCUT2D eigenvalue weighted by Gasteiger charge is -2.41. The molecule has 3 N–H and O–H groups in total. The van der Waals surface area contributed by atoms with E-state index < -0.39 is 0 Å². The topological polar surface area (TPSA) is 83.7 Å². The number of carbonyl (C=O) groups excluding carboxylic acids is 1. The van der Waals surface area contributed by atoms with Crippen LogP contribution in [-0.4, -0.2) is 55.0 Å². The summed E-state index contributed by atoms with van der Waals surface area (Å²) in [7, 11) is 1.58. The fourth-order valence-electron chi connectivity index (χ4n) is 5.10. The van der Waals surface area contributed by atoms with E-state index in [0.29, 0.717) is 21.3 Å². The first-order chi connectivity index (χ1) is 17.1. The molecule has 0 bridgehead atoms. The summed E-state index contributed by atoms with van der Waals surface area (Å²) < 4.78 is 5.23. The normalized spacial score (nSPS) is 17.3. The number of ether oxygens (including phenoxy) is 1. The Kier molecular flexibility index (Phi) is 7.20. The fraction of sp³-hybridized carbons (Fsp3) is 0.407. The highest BCUT2D eigenvalue weighted by Crippen LogP contribution is 2.31. The highest BCUT2D eigenvalue weighted by Gasteiger charge is 2.25. The van der Waals surface area contributed by atoms with E-state index in [1.165, 1.54) is 62.2 Å². The average molecular weight is 492 g/mol. The van der Waals surface area contributed by atoms with Gasteiger partial charge in [-0.15, -0.1) is 0 Å². The van der Waals surface area contributed by atoms with Gasteiger partial charge in [-0.05, 0) is 75.2 Å². The lowest BCUT2D eigenvalue weighted by atomic mass is 9.99. The monoisotopic (exact) mass is 491 g/mol. The van der Waals surface area contributed by atoms with Crippen LogP contribution < -0.4 is 20.7 Å². The Morgan fingerprint density at radius 1 is 1.06 bits per heavy atom. The minimum absolute atomic E-state index is 0.157. The molecule has 0 spiro atoms. The van der Waals surface area contributed by atoms with Gasteiger partial charge in [-0.25, -0.2) is 4.98 Å². The summed E-state index contributed by atoms with van der Waals surface area (Å²) in [4.78, 5) is 22.9. The number of anilines is 4. The Morgan fingerprint density at radius 3 is 2.51 bits per heavy atom. The van der Waals surface area contributed by atoms with Crippen molar-refractivity contribution in [3.8, 4) is 5.75 Å². The molecule has 0 amide bonds. The molecular formula is C27H33N5O2S. The van der Waals surface area contributed by atoms with Gasteiger partial charge in [0, 0.05) is 36.1 Å². The number of methoxy groups -OCH3 is 1. The molecule has 184 valence electrons. The molecule has 2 aliphatic heterocycles. The molecular weight excluding hydrogens is 458 g/mol. The average Bonchev–Trinajstić information content (AvgIpc) is 3.29. The number of benzene rings is 2. The Morgan fingerprint density at radius 2 is 1.80 bits per heavy atom. The van der Waals surface area contributed by atoms with Crippen molar-refractivity contribution < 1.29 is 9.53 Å². The summed E-state index contributed by atoms with van der Waals surface area (Å²) in [6, 6.07) is 16.2. The SMILES string of the molecule is COc1cccc(C(=O)c2sc(Nc3ccc(N4CCC(N5CCCCC5)CC4)cc3)nc2N)c1. The van der Waals surface area contributed by atoms with E-state index in [1.807, 2.05) is 0 Å². The Hall–Kier alpha value is -3.10. The van der Waals surface area contributed by atoms with Gasteiger partial charge < -0.3 is 25.6 Å². The maximum absolute atomic E-state index is 12.9. The van der Waals surface area contributed by atoms with Crippen molar-refractivity contribution in [1.29, 1.82) is 0 Å². The molecule has 0 unspecified atom stereocenters. The predicted octanol–water partition coefficient (Wildman–Crippen LogP) is 5.16. The van der Waals surface area contributed by atoms with Gasteiger partial charge in [-0.3, -0.25) is 4.79 Å². The lowest BCUT2D eigenvalue weighted by molar-refractivity contribution is 0.104. The molecule has 2 aliphatic rings. The second-order valence-electron chi connectivity index (χ2n) is 9.28. The van der Waals surface area contributed by atoms with Gasteiger partial charge in [-0.2, -0.15) is 0 Å². The first kappa shape index (κ1) is 23.6. The Labute approximate surface area is 210 Å². The molecule has 2 fully saturated rings. The third-order valence-electron chi connectivity index (χ3n) is 7.05. The number of nitrogens with two attached hydrogens (primary N) is 1. The van der Waals surface area contributed by atoms with E-state index >= 15 is 0 Å². The molecule has 8 heteroatoms. The Balaban J connectivity index is 1.20. The highest BCUT2D eigenvalue weighted by atomic mass is 32.1. The standard InChI is InChI=1S/C27H33N5O2S/c1-34-23-7-5-6-19(18-23)24(33)25-26(28)30-27(35-25)29-20-8-10-21(11-9-20)32-16-12-22(13-17-32)31-14-3-2-4-15-31/h5-11,18,22H,2-4,12-17,28H2,1H3,(H,29,30). The number of nitrogens with one attached hydrogen (secondary N) is 1. The van der Waals surface area contributed by atoms with Gasteiger partial charge in [0.25, 0.3) is 0 Å². The van der Waals surface area contributed by atoms with E-state index in [9.17, 15) is 4.79 Å². The van der Waals surface area contributed by atoms with Crippen molar-refractivity contribution in [3.05, 3.63) is 59.0 Å². The van der Waals surface area contributed by atoms with Crippen molar-refractivity contribution >= 4 is 39.4 Å². The van der Waals surface area contributed by atoms with Gasteiger partial charge in [0.2, 0.25) is 5.78 Å². The number of aromatic nitrogens is 1. The molecule has 3 aromatic rings. The molecule has 0 radical (unpaired) electrons. The number of likely N-dealkylation sites (tertiary alicyclic amines) is 1. The summed E-state index contributed by atoms with van der Waals surface area (Å²) in [5.41, 5.74) is 8.79. The second-order valence-corrected chi connectivity index (χ2v) is 10.3. The number of thiazole rings is 1.